The van der Waals surface area contributed by atoms with Crippen molar-refractivity contribution in [3.63, 3.8) is 0 Å². The zero-order valence-electron chi connectivity index (χ0n) is 12.2. The van der Waals surface area contributed by atoms with Gasteiger partial charge in [-0.05, 0) is 24.6 Å². The predicted molar refractivity (Wildman–Crippen MR) is 78.5 cm³/mol. The average molecular weight is 309 g/mol. The van der Waals surface area contributed by atoms with E-state index in [9.17, 15) is 8.42 Å². The summed E-state index contributed by atoms with van der Waals surface area (Å²) in [7, 11) is -2.10. The van der Waals surface area contributed by atoms with Gasteiger partial charge in [-0.2, -0.15) is 9.57 Å². The number of rotatable bonds is 4. The molecule has 1 heterocycles. The van der Waals surface area contributed by atoms with Crippen LogP contribution >= 0.6 is 0 Å². The topological polar surface area (TPSA) is 73.6 Å². The van der Waals surface area contributed by atoms with Gasteiger partial charge in [-0.1, -0.05) is 6.07 Å². The minimum atomic E-state index is -3.57. The first-order chi connectivity index (χ1) is 9.98. The Morgan fingerprint density at radius 1 is 1.29 bits per heavy atom. The number of benzene rings is 1. The molecule has 7 heteroatoms. The fourth-order valence-electron chi connectivity index (χ4n) is 2.35. The van der Waals surface area contributed by atoms with Crippen molar-refractivity contribution in [2.45, 2.75) is 11.8 Å². The van der Waals surface area contributed by atoms with E-state index in [2.05, 4.69) is 6.07 Å². The van der Waals surface area contributed by atoms with E-state index in [1.54, 1.807) is 12.1 Å². The van der Waals surface area contributed by atoms with Crippen molar-refractivity contribution in [3.8, 4) is 11.8 Å². The second-order valence-corrected chi connectivity index (χ2v) is 6.90. The first-order valence-electron chi connectivity index (χ1n) is 6.73. The van der Waals surface area contributed by atoms with Gasteiger partial charge in [0.1, 0.15) is 10.6 Å². The normalized spacial score (nSPS) is 17.4. The van der Waals surface area contributed by atoms with Gasteiger partial charge in [0.25, 0.3) is 0 Å². The average Bonchev–Trinajstić information content (AvgIpc) is 2.48. The highest BCUT2D eigenvalue weighted by molar-refractivity contribution is 7.89. The number of nitrogens with zero attached hydrogens (tertiary/aromatic N) is 3. The van der Waals surface area contributed by atoms with Gasteiger partial charge in [-0.25, -0.2) is 8.42 Å². The maximum atomic E-state index is 12.7. The molecule has 1 aromatic rings. The zero-order chi connectivity index (χ0) is 15.5. The molecule has 0 atom stereocenters. The molecular weight excluding hydrogens is 290 g/mol. The van der Waals surface area contributed by atoms with Gasteiger partial charge in [0.15, 0.2) is 0 Å². The lowest BCUT2D eigenvalue weighted by atomic mass is 10.2. The van der Waals surface area contributed by atoms with Crippen molar-refractivity contribution < 1.29 is 13.2 Å². The van der Waals surface area contributed by atoms with Crippen molar-refractivity contribution in [1.29, 1.82) is 5.26 Å². The Morgan fingerprint density at radius 3 is 2.52 bits per heavy atom. The van der Waals surface area contributed by atoms with Crippen LogP contribution in [0.25, 0.3) is 0 Å². The fourth-order valence-corrected chi connectivity index (χ4v) is 4.02. The molecule has 0 saturated carbocycles. The van der Waals surface area contributed by atoms with Crippen LogP contribution in [0.3, 0.4) is 0 Å². The Bertz CT molecular complexity index is 644. The van der Waals surface area contributed by atoms with Gasteiger partial charge >= 0.3 is 0 Å². The Balaban J connectivity index is 2.24. The number of nitriles is 1. The largest absolute Gasteiger partial charge is 0.495 e. The van der Waals surface area contributed by atoms with E-state index in [4.69, 9.17) is 10.00 Å². The summed E-state index contributed by atoms with van der Waals surface area (Å²) in [4.78, 5) is 2.15. The molecule has 1 saturated heterocycles. The summed E-state index contributed by atoms with van der Waals surface area (Å²) in [6, 6.07) is 7.22. The summed E-state index contributed by atoms with van der Waals surface area (Å²) in [5.74, 6) is 0.361. The highest BCUT2D eigenvalue weighted by atomic mass is 32.2. The van der Waals surface area contributed by atoms with Gasteiger partial charge < -0.3 is 4.74 Å². The number of piperazine rings is 1. The van der Waals surface area contributed by atoms with Crippen molar-refractivity contribution in [2.24, 2.45) is 0 Å². The third kappa shape index (κ3) is 3.35. The quantitative estimate of drug-likeness (QED) is 0.770. The first kappa shape index (κ1) is 15.8. The number of sulfonamides is 1. The van der Waals surface area contributed by atoms with Crippen LogP contribution < -0.4 is 4.74 Å². The van der Waals surface area contributed by atoms with E-state index < -0.39 is 10.0 Å². The molecule has 0 amide bonds. The molecule has 114 valence electrons. The Morgan fingerprint density at radius 2 is 1.95 bits per heavy atom. The van der Waals surface area contributed by atoms with Crippen LogP contribution in [-0.2, 0) is 10.0 Å². The highest BCUT2D eigenvalue weighted by Gasteiger charge is 2.30. The first-order valence-corrected chi connectivity index (χ1v) is 8.17. The molecule has 0 radical (unpaired) electrons. The summed E-state index contributed by atoms with van der Waals surface area (Å²) in [5.41, 5.74) is 0.873. The Kier molecular flexibility index (Phi) is 4.83. The van der Waals surface area contributed by atoms with E-state index in [1.807, 2.05) is 17.9 Å². The number of hydrogen-bond donors (Lipinski definition) is 0. The van der Waals surface area contributed by atoms with E-state index in [1.165, 1.54) is 11.4 Å². The molecule has 2 rings (SSSR count). The fraction of sp³-hybridized carbons (Fsp3) is 0.500. The molecule has 1 fully saturated rings. The molecule has 0 unspecified atom stereocenters. The molecule has 0 N–H and O–H groups in total. The van der Waals surface area contributed by atoms with Gasteiger partial charge in [0, 0.05) is 26.2 Å². The second-order valence-electron chi connectivity index (χ2n) is 4.99. The summed E-state index contributed by atoms with van der Waals surface area (Å²) in [6.45, 7) is 4.11. The highest BCUT2D eigenvalue weighted by Crippen LogP contribution is 2.28. The standard InChI is InChI=1S/C14H19N3O3S/c1-12-3-4-13(20-2)14(11-12)21(18,19)17-9-7-16(6-5-15)8-10-17/h3-4,11H,6-10H2,1-2H3. The smallest absolute Gasteiger partial charge is 0.246 e. The molecule has 0 aromatic heterocycles. The lowest BCUT2D eigenvalue weighted by Crippen LogP contribution is -2.48. The number of ether oxygens (including phenoxy) is 1. The van der Waals surface area contributed by atoms with Crippen LogP contribution in [0.4, 0.5) is 0 Å². The number of methoxy groups -OCH3 is 1. The molecule has 1 aromatic carbocycles. The molecule has 1 aliphatic rings. The monoisotopic (exact) mass is 309 g/mol. The predicted octanol–water partition coefficient (Wildman–Crippen LogP) is 0.834. The number of aryl methyl sites for hydroxylation is 1. The molecule has 6 nitrogen and oxygen atoms in total. The summed E-state index contributed by atoms with van der Waals surface area (Å²) in [6.07, 6.45) is 0. The van der Waals surface area contributed by atoms with Crippen molar-refractivity contribution >= 4 is 10.0 Å². The maximum absolute atomic E-state index is 12.7. The van der Waals surface area contributed by atoms with Crippen LogP contribution in [-0.4, -0.2) is 57.5 Å². The van der Waals surface area contributed by atoms with Gasteiger partial charge in [-0.3, -0.25) is 4.90 Å². The van der Waals surface area contributed by atoms with Crippen molar-refractivity contribution in [3.05, 3.63) is 23.8 Å². The third-order valence-corrected chi connectivity index (χ3v) is 5.48. The van der Waals surface area contributed by atoms with Crippen LogP contribution in [0.1, 0.15) is 5.56 Å². The van der Waals surface area contributed by atoms with Crippen molar-refractivity contribution in [2.75, 3.05) is 39.8 Å². The Hall–Kier alpha value is -1.62. The molecule has 0 aliphatic carbocycles. The van der Waals surface area contributed by atoms with Gasteiger partial charge in [0.05, 0.1) is 19.7 Å². The molecule has 0 bridgehead atoms. The van der Waals surface area contributed by atoms with E-state index in [0.29, 0.717) is 38.5 Å². The van der Waals surface area contributed by atoms with E-state index >= 15 is 0 Å². The van der Waals surface area contributed by atoms with E-state index in [-0.39, 0.29) is 4.90 Å². The number of hydrogen-bond acceptors (Lipinski definition) is 5. The molecular formula is C14H19N3O3S. The molecule has 1 aliphatic heterocycles. The van der Waals surface area contributed by atoms with Crippen LogP contribution in [0.5, 0.6) is 5.75 Å². The third-order valence-electron chi connectivity index (χ3n) is 3.56. The van der Waals surface area contributed by atoms with Crippen molar-refractivity contribution in [1.82, 2.24) is 9.21 Å². The summed E-state index contributed by atoms with van der Waals surface area (Å²) < 4.78 is 32.1. The molecule has 21 heavy (non-hydrogen) atoms. The van der Waals surface area contributed by atoms with E-state index in [0.717, 1.165) is 5.56 Å². The lowest BCUT2D eigenvalue weighted by molar-refractivity contribution is 0.206. The molecule has 0 spiro atoms. The zero-order valence-corrected chi connectivity index (χ0v) is 13.1. The minimum Gasteiger partial charge on any atom is -0.495 e. The minimum absolute atomic E-state index is 0.207. The van der Waals surface area contributed by atoms with Crippen LogP contribution in [0, 0.1) is 18.3 Å². The second kappa shape index (κ2) is 6.43. The SMILES string of the molecule is COc1ccc(C)cc1S(=O)(=O)N1CCN(CC#N)CC1. The van der Waals surface area contributed by atoms with Crippen LogP contribution in [0.15, 0.2) is 23.1 Å². The maximum Gasteiger partial charge on any atom is 0.246 e. The van der Waals surface area contributed by atoms with Gasteiger partial charge in [-0.15, -0.1) is 0 Å². The summed E-state index contributed by atoms with van der Waals surface area (Å²) >= 11 is 0. The Labute approximate surface area is 125 Å². The van der Waals surface area contributed by atoms with Gasteiger partial charge in [0.2, 0.25) is 10.0 Å². The van der Waals surface area contributed by atoms with Crippen LogP contribution in [0.2, 0.25) is 0 Å². The lowest BCUT2D eigenvalue weighted by Gasteiger charge is -2.32. The summed E-state index contributed by atoms with van der Waals surface area (Å²) in [5, 5.41) is 8.68.